The molecule has 0 saturated heterocycles. The molecule has 4 nitrogen and oxygen atoms in total. The molecular weight excluding hydrogens is 262 g/mol. The number of ketones is 1. The van der Waals surface area contributed by atoms with Crippen molar-refractivity contribution in [2.45, 2.75) is 38.1 Å². The van der Waals surface area contributed by atoms with E-state index in [-0.39, 0.29) is 10.8 Å². The van der Waals surface area contributed by atoms with Crippen LogP contribution >= 0.6 is 0 Å². The standard InChI is InChI=1S/C14H21NO3S/c1-10(2)8-13(15)14(16)9-19(17,18)12-6-4-11(3)5-7-12/h4-7,10,13H,8-9,15H2,1-3H3/t13-/m0/s1. The summed E-state index contributed by atoms with van der Waals surface area (Å²) in [5, 5.41) is 0. The minimum absolute atomic E-state index is 0.170. The van der Waals surface area contributed by atoms with Crippen molar-refractivity contribution in [3.8, 4) is 0 Å². The van der Waals surface area contributed by atoms with Gasteiger partial charge in [-0.3, -0.25) is 4.79 Å². The second-order valence-electron chi connectivity index (χ2n) is 5.27. The molecule has 0 aliphatic rings. The summed E-state index contributed by atoms with van der Waals surface area (Å²) >= 11 is 0. The molecule has 0 aromatic heterocycles. The molecule has 0 fully saturated rings. The zero-order valence-corrected chi connectivity index (χ0v) is 12.4. The molecule has 5 heteroatoms. The average Bonchev–Trinajstić information content (AvgIpc) is 2.27. The van der Waals surface area contributed by atoms with E-state index in [4.69, 9.17) is 5.73 Å². The molecule has 0 unspecified atom stereocenters. The first-order valence-corrected chi connectivity index (χ1v) is 7.95. The van der Waals surface area contributed by atoms with Gasteiger partial charge in [0, 0.05) is 0 Å². The van der Waals surface area contributed by atoms with Crippen LogP contribution in [0.3, 0.4) is 0 Å². The van der Waals surface area contributed by atoms with Gasteiger partial charge in [-0.1, -0.05) is 31.5 Å². The van der Waals surface area contributed by atoms with Crippen molar-refractivity contribution in [3.05, 3.63) is 29.8 Å². The Bertz CT molecular complexity index is 532. The van der Waals surface area contributed by atoms with Crippen molar-refractivity contribution in [2.75, 3.05) is 5.75 Å². The van der Waals surface area contributed by atoms with Crippen LogP contribution in [0.2, 0.25) is 0 Å². The summed E-state index contributed by atoms with van der Waals surface area (Å²) in [5.74, 6) is -0.681. The third-order valence-corrected chi connectivity index (χ3v) is 4.51. The highest BCUT2D eigenvalue weighted by molar-refractivity contribution is 7.92. The number of benzene rings is 1. The number of carbonyl (C=O) groups excluding carboxylic acids is 1. The number of nitrogens with two attached hydrogens (primary N) is 1. The van der Waals surface area contributed by atoms with Crippen LogP contribution in [-0.4, -0.2) is 26.0 Å². The van der Waals surface area contributed by atoms with Crippen LogP contribution in [0.5, 0.6) is 0 Å². The summed E-state index contributed by atoms with van der Waals surface area (Å²) in [5.41, 5.74) is 6.69. The van der Waals surface area contributed by atoms with Crippen LogP contribution in [0.1, 0.15) is 25.8 Å². The summed E-state index contributed by atoms with van der Waals surface area (Å²) in [6.07, 6.45) is 0.502. The molecule has 2 N–H and O–H groups in total. The lowest BCUT2D eigenvalue weighted by Crippen LogP contribution is -2.36. The Labute approximate surface area is 114 Å². The smallest absolute Gasteiger partial charge is 0.185 e. The number of rotatable bonds is 6. The number of Topliss-reactive ketones (excluding diaryl/α,β-unsaturated/α-hetero) is 1. The fourth-order valence-electron chi connectivity index (χ4n) is 1.76. The highest BCUT2D eigenvalue weighted by Gasteiger charge is 2.23. The summed E-state index contributed by atoms with van der Waals surface area (Å²) < 4.78 is 24.1. The lowest BCUT2D eigenvalue weighted by molar-refractivity contribution is -0.118. The molecule has 0 aliphatic carbocycles. The predicted molar refractivity (Wildman–Crippen MR) is 75.7 cm³/mol. The topological polar surface area (TPSA) is 77.2 Å². The Morgan fingerprint density at radius 1 is 1.21 bits per heavy atom. The lowest BCUT2D eigenvalue weighted by Gasteiger charge is -2.13. The second-order valence-corrected chi connectivity index (χ2v) is 7.26. The molecule has 0 radical (unpaired) electrons. The van der Waals surface area contributed by atoms with Crippen LogP contribution in [-0.2, 0) is 14.6 Å². The lowest BCUT2D eigenvalue weighted by atomic mass is 10.0. The van der Waals surface area contributed by atoms with Crippen molar-refractivity contribution in [1.29, 1.82) is 0 Å². The van der Waals surface area contributed by atoms with Gasteiger partial charge < -0.3 is 5.73 Å². The fraction of sp³-hybridized carbons (Fsp3) is 0.500. The van der Waals surface area contributed by atoms with Crippen LogP contribution in [0.25, 0.3) is 0 Å². The number of carbonyl (C=O) groups is 1. The van der Waals surface area contributed by atoms with Gasteiger partial charge >= 0.3 is 0 Å². The molecule has 0 aliphatic heterocycles. The Morgan fingerprint density at radius 3 is 2.21 bits per heavy atom. The van der Waals surface area contributed by atoms with E-state index >= 15 is 0 Å². The summed E-state index contributed by atoms with van der Waals surface area (Å²) in [7, 11) is -3.59. The minimum atomic E-state index is -3.59. The first-order chi connectivity index (χ1) is 8.72. The normalized spacial score (nSPS) is 13.5. The molecule has 0 bridgehead atoms. The third kappa shape index (κ3) is 4.76. The molecule has 0 heterocycles. The van der Waals surface area contributed by atoms with Gasteiger partial charge in [-0.15, -0.1) is 0 Å². The monoisotopic (exact) mass is 283 g/mol. The molecule has 0 spiro atoms. The summed E-state index contributed by atoms with van der Waals surface area (Å²) in [6.45, 7) is 5.77. The maximum absolute atomic E-state index is 12.1. The number of hydrogen-bond donors (Lipinski definition) is 1. The predicted octanol–water partition coefficient (Wildman–Crippen LogP) is 1.71. The zero-order chi connectivity index (χ0) is 14.6. The van der Waals surface area contributed by atoms with E-state index in [9.17, 15) is 13.2 Å². The Morgan fingerprint density at radius 2 is 1.74 bits per heavy atom. The number of sulfone groups is 1. The van der Waals surface area contributed by atoms with Crippen molar-refractivity contribution in [2.24, 2.45) is 11.7 Å². The summed E-state index contributed by atoms with van der Waals surface area (Å²) in [6, 6.07) is 5.76. The van der Waals surface area contributed by atoms with Gasteiger partial charge in [0.2, 0.25) is 0 Å². The molecule has 1 atom stereocenters. The van der Waals surface area contributed by atoms with Crippen molar-refractivity contribution < 1.29 is 13.2 Å². The average molecular weight is 283 g/mol. The largest absolute Gasteiger partial charge is 0.321 e. The van der Waals surface area contributed by atoms with E-state index in [0.717, 1.165) is 5.56 Å². The first kappa shape index (κ1) is 15.9. The Kier molecular flexibility index (Phi) is 5.26. The summed E-state index contributed by atoms with van der Waals surface area (Å²) in [4.78, 5) is 12.0. The van der Waals surface area contributed by atoms with E-state index in [2.05, 4.69) is 0 Å². The maximum Gasteiger partial charge on any atom is 0.185 e. The molecule has 0 amide bonds. The van der Waals surface area contributed by atoms with E-state index in [1.807, 2.05) is 20.8 Å². The maximum atomic E-state index is 12.1. The first-order valence-electron chi connectivity index (χ1n) is 6.30. The van der Waals surface area contributed by atoms with Crippen LogP contribution in [0.15, 0.2) is 29.2 Å². The molecule has 19 heavy (non-hydrogen) atoms. The quantitative estimate of drug-likeness (QED) is 0.862. The molecular formula is C14H21NO3S. The molecule has 1 rings (SSSR count). The van der Waals surface area contributed by atoms with Gasteiger partial charge in [-0.05, 0) is 31.4 Å². The van der Waals surface area contributed by atoms with Crippen LogP contribution in [0, 0.1) is 12.8 Å². The fourth-order valence-corrected chi connectivity index (χ4v) is 3.07. The van der Waals surface area contributed by atoms with Gasteiger partial charge in [0.15, 0.2) is 15.6 Å². The SMILES string of the molecule is Cc1ccc(S(=O)(=O)CC(=O)[C@@H](N)CC(C)C)cc1. The van der Waals surface area contributed by atoms with Crippen molar-refractivity contribution >= 4 is 15.6 Å². The van der Waals surface area contributed by atoms with Gasteiger partial charge in [0.05, 0.1) is 10.9 Å². The van der Waals surface area contributed by atoms with E-state index < -0.39 is 27.4 Å². The Balaban J connectivity index is 2.80. The van der Waals surface area contributed by atoms with Crippen LogP contribution < -0.4 is 5.73 Å². The van der Waals surface area contributed by atoms with Gasteiger partial charge in [-0.25, -0.2) is 8.42 Å². The van der Waals surface area contributed by atoms with Gasteiger partial charge in [0.25, 0.3) is 0 Å². The van der Waals surface area contributed by atoms with Crippen molar-refractivity contribution in [3.63, 3.8) is 0 Å². The van der Waals surface area contributed by atoms with Gasteiger partial charge in [0.1, 0.15) is 5.75 Å². The minimum Gasteiger partial charge on any atom is -0.321 e. The van der Waals surface area contributed by atoms with E-state index in [0.29, 0.717) is 6.42 Å². The highest BCUT2D eigenvalue weighted by atomic mass is 32.2. The molecule has 0 saturated carbocycles. The molecule has 1 aromatic carbocycles. The van der Waals surface area contributed by atoms with E-state index in [1.54, 1.807) is 12.1 Å². The molecule has 1 aromatic rings. The highest BCUT2D eigenvalue weighted by Crippen LogP contribution is 2.13. The molecule has 106 valence electrons. The van der Waals surface area contributed by atoms with Gasteiger partial charge in [-0.2, -0.15) is 0 Å². The van der Waals surface area contributed by atoms with Crippen LogP contribution in [0.4, 0.5) is 0 Å². The van der Waals surface area contributed by atoms with E-state index in [1.165, 1.54) is 12.1 Å². The number of hydrogen-bond acceptors (Lipinski definition) is 4. The number of aryl methyl sites for hydroxylation is 1. The van der Waals surface area contributed by atoms with Crippen molar-refractivity contribution in [1.82, 2.24) is 0 Å². The second kappa shape index (κ2) is 6.30. The zero-order valence-electron chi connectivity index (χ0n) is 11.6. The third-order valence-electron chi connectivity index (χ3n) is 2.85. The Hall–Kier alpha value is -1.20.